The first-order chi connectivity index (χ1) is 8.78. The molecule has 0 atom stereocenters. The van der Waals surface area contributed by atoms with E-state index in [1.165, 1.54) is 0 Å². The molecule has 3 heterocycles. The average molecular weight is 260 g/mol. The van der Waals surface area contributed by atoms with E-state index in [9.17, 15) is 0 Å². The van der Waals surface area contributed by atoms with Crippen molar-refractivity contribution in [3.63, 3.8) is 0 Å². The maximum atomic E-state index is 5.49. The Hall–Kier alpha value is -1.99. The first kappa shape index (κ1) is 11.1. The lowest BCUT2D eigenvalue weighted by Crippen LogP contribution is -2.12. The number of hydrogen-bond acceptors (Lipinski definition) is 6. The second kappa shape index (κ2) is 4.35. The van der Waals surface area contributed by atoms with E-state index in [1.807, 2.05) is 29.1 Å². The number of nitrogens with two attached hydrogens (primary N) is 1. The second-order valence-corrected chi connectivity index (χ2v) is 4.77. The van der Waals surface area contributed by atoms with E-state index in [2.05, 4.69) is 20.4 Å². The van der Waals surface area contributed by atoms with E-state index >= 15 is 0 Å². The van der Waals surface area contributed by atoms with Gasteiger partial charge >= 0.3 is 0 Å². The summed E-state index contributed by atoms with van der Waals surface area (Å²) >= 11 is 1.58. The van der Waals surface area contributed by atoms with Gasteiger partial charge in [0.2, 0.25) is 0 Å². The lowest BCUT2D eigenvalue weighted by molar-refractivity contribution is 0.723. The van der Waals surface area contributed by atoms with Crippen molar-refractivity contribution >= 4 is 27.4 Å². The number of hydrazine groups is 1. The summed E-state index contributed by atoms with van der Waals surface area (Å²) in [4.78, 5) is 14.1. The number of anilines is 1. The number of aromatic nitrogens is 4. The Labute approximate surface area is 107 Å². The molecule has 0 spiro atoms. The standard InChI is InChI=1S/C11H12N6S/c1-7-13-3-4-17(7)6-9-14-10(16-12)8-2-5-18-11(8)15-9/h2-5H,6,12H2,1H3,(H,14,15,16). The van der Waals surface area contributed by atoms with Crippen LogP contribution in [0, 0.1) is 6.92 Å². The maximum absolute atomic E-state index is 5.49. The van der Waals surface area contributed by atoms with Crippen molar-refractivity contribution in [1.82, 2.24) is 19.5 Å². The number of nitrogens with one attached hydrogen (secondary N) is 1. The van der Waals surface area contributed by atoms with Gasteiger partial charge in [0.1, 0.15) is 10.7 Å². The molecule has 92 valence electrons. The lowest BCUT2D eigenvalue weighted by atomic mass is 10.4. The van der Waals surface area contributed by atoms with Gasteiger partial charge in [-0.2, -0.15) is 0 Å². The molecule has 3 N–H and O–H groups in total. The van der Waals surface area contributed by atoms with Gasteiger partial charge in [-0.3, -0.25) is 0 Å². The molecule has 0 unspecified atom stereocenters. The highest BCUT2D eigenvalue weighted by Gasteiger charge is 2.09. The number of nitrogen functional groups attached to an aromatic ring is 1. The first-order valence-electron chi connectivity index (χ1n) is 5.46. The van der Waals surface area contributed by atoms with Crippen molar-refractivity contribution in [2.45, 2.75) is 13.5 Å². The highest BCUT2D eigenvalue weighted by Crippen LogP contribution is 2.24. The molecule has 0 radical (unpaired) electrons. The van der Waals surface area contributed by atoms with Crippen LogP contribution in [0.5, 0.6) is 0 Å². The molecule has 0 aliphatic rings. The average Bonchev–Trinajstić information content (AvgIpc) is 2.98. The summed E-state index contributed by atoms with van der Waals surface area (Å²) in [5.74, 6) is 7.81. The summed E-state index contributed by atoms with van der Waals surface area (Å²) in [6.45, 7) is 2.54. The molecule has 0 saturated heterocycles. The number of hydrogen-bond donors (Lipinski definition) is 2. The van der Waals surface area contributed by atoms with Gasteiger partial charge in [-0.25, -0.2) is 20.8 Å². The summed E-state index contributed by atoms with van der Waals surface area (Å²) < 4.78 is 2.00. The zero-order chi connectivity index (χ0) is 12.5. The number of aryl methyl sites for hydroxylation is 1. The number of imidazole rings is 1. The third-order valence-corrected chi connectivity index (χ3v) is 3.55. The summed E-state index contributed by atoms with van der Waals surface area (Å²) in [5.41, 5.74) is 2.62. The molecule has 0 aromatic carbocycles. The Morgan fingerprint density at radius 1 is 1.44 bits per heavy atom. The molecular weight excluding hydrogens is 248 g/mol. The monoisotopic (exact) mass is 260 g/mol. The molecule has 0 amide bonds. The Kier molecular flexibility index (Phi) is 2.69. The van der Waals surface area contributed by atoms with E-state index in [0.717, 1.165) is 21.9 Å². The van der Waals surface area contributed by atoms with Crippen LogP contribution in [0.2, 0.25) is 0 Å². The minimum atomic E-state index is 0.592. The molecule has 6 nitrogen and oxygen atoms in total. The van der Waals surface area contributed by atoms with E-state index in [1.54, 1.807) is 17.5 Å². The third kappa shape index (κ3) is 1.83. The van der Waals surface area contributed by atoms with Crippen LogP contribution >= 0.6 is 11.3 Å². The topological polar surface area (TPSA) is 81.7 Å². The molecule has 18 heavy (non-hydrogen) atoms. The molecule has 0 fully saturated rings. The van der Waals surface area contributed by atoms with Crippen LogP contribution in [0.1, 0.15) is 11.6 Å². The maximum Gasteiger partial charge on any atom is 0.152 e. The smallest absolute Gasteiger partial charge is 0.152 e. The van der Waals surface area contributed by atoms with Gasteiger partial charge in [-0.15, -0.1) is 11.3 Å². The van der Waals surface area contributed by atoms with Crippen LogP contribution in [0.25, 0.3) is 10.2 Å². The normalized spacial score (nSPS) is 11.0. The fourth-order valence-electron chi connectivity index (χ4n) is 1.80. The fraction of sp³-hybridized carbons (Fsp3) is 0.182. The summed E-state index contributed by atoms with van der Waals surface area (Å²) in [6.07, 6.45) is 3.67. The van der Waals surface area contributed by atoms with Crippen LogP contribution in [0.15, 0.2) is 23.8 Å². The van der Waals surface area contributed by atoms with Gasteiger partial charge in [0.05, 0.1) is 11.9 Å². The van der Waals surface area contributed by atoms with Crippen molar-refractivity contribution in [3.05, 3.63) is 35.5 Å². The molecular formula is C11H12N6S. The fourth-order valence-corrected chi connectivity index (χ4v) is 2.59. The lowest BCUT2D eigenvalue weighted by Gasteiger charge is -2.07. The first-order valence-corrected chi connectivity index (χ1v) is 6.34. The van der Waals surface area contributed by atoms with Gasteiger partial charge in [0, 0.05) is 12.4 Å². The van der Waals surface area contributed by atoms with E-state index in [-0.39, 0.29) is 0 Å². The van der Waals surface area contributed by atoms with Gasteiger partial charge < -0.3 is 9.99 Å². The van der Waals surface area contributed by atoms with Gasteiger partial charge in [-0.1, -0.05) is 0 Å². The Bertz CT molecular complexity index is 686. The summed E-state index contributed by atoms with van der Waals surface area (Å²) in [6, 6.07) is 1.96. The Morgan fingerprint density at radius 2 is 2.33 bits per heavy atom. The molecule has 0 saturated carbocycles. The zero-order valence-electron chi connectivity index (χ0n) is 9.79. The molecule has 0 aliphatic carbocycles. The third-order valence-electron chi connectivity index (χ3n) is 2.74. The van der Waals surface area contributed by atoms with E-state index in [0.29, 0.717) is 12.4 Å². The van der Waals surface area contributed by atoms with Gasteiger partial charge in [-0.05, 0) is 18.4 Å². The zero-order valence-corrected chi connectivity index (χ0v) is 10.6. The number of nitrogens with zero attached hydrogens (tertiary/aromatic N) is 4. The van der Waals surface area contributed by atoms with Crippen molar-refractivity contribution < 1.29 is 0 Å². The van der Waals surface area contributed by atoms with Crippen LogP contribution in [0.3, 0.4) is 0 Å². The quantitative estimate of drug-likeness (QED) is 0.551. The number of rotatable bonds is 3. The van der Waals surface area contributed by atoms with Crippen molar-refractivity contribution in [1.29, 1.82) is 0 Å². The SMILES string of the molecule is Cc1nccn1Cc1nc(NN)c2ccsc2n1. The summed E-state index contributed by atoms with van der Waals surface area (Å²) in [5, 5.41) is 2.93. The molecule has 3 aromatic rings. The largest absolute Gasteiger partial charge is 0.328 e. The highest BCUT2D eigenvalue weighted by atomic mass is 32.1. The minimum absolute atomic E-state index is 0.592. The molecule has 3 aromatic heterocycles. The second-order valence-electron chi connectivity index (χ2n) is 3.87. The predicted molar refractivity (Wildman–Crippen MR) is 71.3 cm³/mol. The van der Waals surface area contributed by atoms with Crippen LogP contribution in [0.4, 0.5) is 5.82 Å². The van der Waals surface area contributed by atoms with E-state index < -0.39 is 0 Å². The molecule has 0 aliphatic heterocycles. The Balaban J connectivity index is 2.04. The molecule has 7 heteroatoms. The number of thiophene rings is 1. The molecule has 0 bridgehead atoms. The minimum Gasteiger partial charge on any atom is -0.328 e. The predicted octanol–water partition coefficient (Wildman–Crippen LogP) is 1.53. The van der Waals surface area contributed by atoms with Crippen LogP contribution in [-0.4, -0.2) is 19.5 Å². The van der Waals surface area contributed by atoms with Crippen molar-refractivity contribution in [2.24, 2.45) is 5.84 Å². The molecule has 3 rings (SSSR count). The Morgan fingerprint density at radius 3 is 3.06 bits per heavy atom. The highest BCUT2D eigenvalue weighted by molar-refractivity contribution is 7.16. The van der Waals surface area contributed by atoms with E-state index in [4.69, 9.17) is 5.84 Å². The van der Waals surface area contributed by atoms with Crippen LogP contribution < -0.4 is 11.3 Å². The van der Waals surface area contributed by atoms with Gasteiger partial charge in [0.15, 0.2) is 11.6 Å². The van der Waals surface area contributed by atoms with Crippen molar-refractivity contribution in [3.8, 4) is 0 Å². The van der Waals surface area contributed by atoms with Crippen LogP contribution in [-0.2, 0) is 6.54 Å². The van der Waals surface area contributed by atoms with Gasteiger partial charge in [0.25, 0.3) is 0 Å². The van der Waals surface area contributed by atoms with Crippen molar-refractivity contribution in [2.75, 3.05) is 5.43 Å². The number of fused-ring (bicyclic) bond motifs is 1. The summed E-state index contributed by atoms with van der Waals surface area (Å²) in [7, 11) is 0.